The molecule has 2 aromatic carbocycles. The summed E-state index contributed by atoms with van der Waals surface area (Å²) in [5, 5.41) is 0. The van der Waals surface area contributed by atoms with Crippen LogP contribution < -0.4 is 0 Å². The summed E-state index contributed by atoms with van der Waals surface area (Å²) < 4.78 is 0. The van der Waals surface area contributed by atoms with Gasteiger partial charge in [-0.05, 0) is 83.4 Å². The minimum atomic E-state index is 0.804. The van der Waals surface area contributed by atoms with Crippen LogP contribution >= 0.6 is 0 Å². The molecule has 1 saturated carbocycles. The first-order chi connectivity index (χ1) is 11.9. The Morgan fingerprint density at radius 2 is 0.792 bits per heavy atom. The van der Waals surface area contributed by atoms with Gasteiger partial charge in [0.05, 0.1) is 0 Å². The largest absolute Gasteiger partial charge is 0.0663 e. The summed E-state index contributed by atoms with van der Waals surface area (Å²) in [5.41, 5.74) is 10.5. The fraction of sp³-hybridized carbons (Fsp3) is 0.417. The van der Waals surface area contributed by atoms with Crippen LogP contribution in [-0.4, -0.2) is 0 Å². The van der Waals surface area contributed by atoms with E-state index in [0.717, 1.165) is 35.5 Å². The highest BCUT2D eigenvalue weighted by Crippen LogP contribution is 2.77. The Kier molecular flexibility index (Phi) is 2.11. The summed E-state index contributed by atoms with van der Waals surface area (Å²) in [4.78, 5) is 0. The number of allylic oxidation sites excluding steroid dienone is 2. The van der Waals surface area contributed by atoms with Gasteiger partial charge < -0.3 is 0 Å². The topological polar surface area (TPSA) is 0 Å². The molecule has 7 rings (SSSR count). The van der Waals surface area contributed by atoms with Crippen LogP contribution in [0.25, 0.3) is 0 Å². The molecule has 0 unspecified atom stereocenters. The third-order valence-corrected chi connectivity index (χ3v) is 8.11. The molecule has 118 valence electrons. The summed E-state index contributed by atoms with van der Waals surface area (Å²) in [6, 6.07) is 18.7. The van der Waals surface area contributed by atoms with Crippen molar-refractivity contribution in [3.63, 3.8) is 0 Å². The number of hydrogen-bond acceptors (Lipinski definition) is 0. The molecule has 0 saturated heterocycles. The molecule has 0 amide bonds. The molecular formula is C24H22. The average molecular weight is 310 g/mol. The van der Waals surface area contributed by atoms with E-state index in [0.29, 0.717) is 0 Å². The Morgan fingerprint density at radius 3 is 1.17 bits per heavy atom. The van der Waals surface area contributed by atoms with Crippen LogP contribution in [0.1, 0.15) is 71.6 Å². The van der Waals surface area contributed by atoms with E-state index in [1.807, 2.05) is 11.1 Å². The number of benzene rings is 2. The fourth-order valence-corrected chi connectivity index (χ4v) is 7.42. The van der Waals surface area contributed by atoms with Crippen molar-refractivity contribution in [2.24, 2.45) is 11.8 Å². The zero-order valence-corrected chi connectivity index (χ0v) is 13.9. The van der Waals surface area contributed by atoms with E-state index in [1.54, 1.807) is 22.3 Å². The van der Waals surface area contributed by atoms with E-state index >= 15 is 0 Å². The molecule has 2 aromatic rings. The van der Waals surface area contributed by atoms with Gasteiger partial charge in [0.25, 0.3) is 0 Å². The SMILES string of the molecule is c1ccc2c(c1)[C@@H]1[C@@H]3c4ccccc4[C@@H]3[C@@H]3C4=C(CCCC4)[C@@H]3[C@H]21. The van der Waals surface area contributed by atoms with E-state index in [1.165, 1.54) is 25.7 Å². The van der Waals surface area contributed by atoms with E-state index in [4.69, 9.17) is 0 Å². The van der Waals surface area contributed by atoms with Crippen molar-refractivity contribution < 1.29 is 0 Å². The van der Waals surface area contributed by atoms with Gasteiger partial charge in [0.1, 0.15) is 0 Å². The zero-order valence-electron chi connectivity index (χ0n) is 13.9. The second-order valence-corrected chi connectivity index (χ2v) is 8.67. The average Bonchev–Trinajstić information content (AvgIpc) is 2.62. The van der Waals surface area contributed by atoms with Gasteiger partial charge in [0, 0.05) is 0 Å². The fourth-order valence-electron chi connectivity index (χ4n) is 7.42. The van der Waals surface area contributed by atoms with Crippen molar-refractivity contribution in [2.75, 3.05) is 0 Å². The second kappa shape index (κ2) is 4.04. The van der Waals surface area contributed by atoms with Crippen LogP contribution in [0, 0.1) is 11.8 Å². The second-order valence-electron chi connectivity index (χ2n) is 8.67. The van der Waals surface area contributed by atoms with Crippen LogP contribution in [0.4, 0.5) is 0 Å². The van der Waals surface area contributed by atoms with Crippen molar-refractivity contribution >= 4 is 0 Å². The van der Waals surface area contributed by atoms with E-state index in [2.05, 4.69) is 48.5 Å². The molecule has 24 heavy (non-hydrogen) atoms. The van der Waals surface area contributed by atoms with Crippen LogP contribution in [0.2, 0.25) is 0 Å². The predicted molar refractivity (Wildman–Crippen MR) is 96.3 cm³/mol. The summed E-state index contributed by atoms with van der Waals surface area (Å²) in [6.45, 7) is 0. The quantitative estimate of drug-likeness (QED) is 0.421. The molecule has 0 heteroatoms. The smallest absolute Gasteiger partial charge is 0.000912 e. The van der Waals surface area contributed by atoms with Crippen molar-refractivity contribution in [2.45, 2.75) is 49.4 Å². The first-order valence-corrected chi connectivity index (χ1v) is 9.84. The van der Waals surface area contributed by atoms with Crippen LogP contribution in [0.5, 0.6) is 0 Å². The number of fused-ring (bicyclic) bond motifs is 14. The lowest BCUT2D eigenvalue weighted by Gasteiger charge is -2.68. The van der Waals surface area contributed by atoms with Crippen molar-refractivity contribution in [3.8, 4) is 0 Å². The predicted octanol–water partition coefficient (Wildman–Crippen LogP) is 5.88. The highest BCUT2D eigenvalue weighted by Gasteiger charge is 2.65. The minimum Gasteiger partial charge on any atom is -0.0663 e. The van der Waals surface area contributed by atoms with Crippen LogP contribution in [0.3, 0.4) is 0 Å². The van der Waals surface area contributed by atoms with Crippen molar-refractivity contribution in [1.29, 1.82) is 0 Å². The highest BCUT2D eigenvalue weighted by atomic mass is 14.7. The standard InChI is InChI=1S/C24H22/c1-2-8-14-13(7-1)19-20(14)22-17-11-5-6-12-18(17)24(22)23-16-10-4-3-9-15(16)21(19)23/h1-4,7-10,19-24H,5-6,11-12H2/t19-,20+,21-,22+,23-,24+. The van der Waals surface area contributed by atoms with Crippen LogP contribution in [-0.2, 0) is 0 Å². The maximum absolute atomic E-state index is 2.43. The van der Waals surface area contributed by atoms with Gasteiger partial charge in [0.2, 0.25) is 0 Å². The monoisotopic (exact) mass is 310 g/mol. The third-order valence-electron chi connectivity index (χ3n) is 8.11. The van der Waals surface area contributed by atoms with E-state index in [9.17, 15) is 0 Å². The maximum atomic E-state index is 2.43. The maximum Gasteiger partial charge on any atom is -0.000912 e. The normalized spacial score (nSPS) is 39.7. The summed E-state index contributed by atoms with van der Waals surface area (Å²) in [5.74, 6) is 5.04. The van der Waals surface area contributed by atoms with Crippen LogP contribution in [0.15, 0.2) is 59.7 Å². The van der Waals surface area contributed by atoms with Gasteiger partial charge in [-0.15, -0.1) is 0 Å². The van der Waals surface area contributed by atoms with Gasteiger partial charge in [-0.3, -0.25) is 0 Å². The summed E-state index contributed by atoms with van der Waals surface area (Å²) in [7, 11) is 0. The molecule has 0 aliphatic heterocycles. The zero-order chi connectivity index (χ0) is 15.4. The number of rotatable bonds is 0. The molecule has 0 aromatic heterocycles. The number of hydrogen-bond donors (Lipinski definition) is 0. The van der Waals surface area contributed by atoms with E-state index in [-0.39, 0.29) is 0 Å². The Hall–Kier alpha value is -1.82. The lowest BCUT2D eigenvalue weighted by atomic mass is 9.35. The molecule has 6 atom stereocenters. The Morgan fingerprint density at radius 1 is 0.458 bits per heavy atom. The molecule has 5 aliphatic rings. The third kappa shape index (κ3) is 1.18. The first-order valence-electron chi connectivity index (χ1n) is 9.84. The van der Waals surface area contributed by atoms with Crippen molar-refractivity contribution in [1.82, 2.24) is 0 Å². The highest BCUT2D eigenvalue weighted by molar-refractivity contribution is 5.62. The Balaban J connectivity index is 1.46. The molecule has 1 fully saturated rings. The molecule has 0 bridgehead atoms. The Bertz CT molecular complexity index is 842. The molecule has 5 aliphatic carbocycles. The first kappa shape index (κ1) is 12.5. The summed E-state index contributed by atoms with van der Waals surface area (Å²) in [6.07, 6.45) is 5.68. The molecule has 0 N–H and O–H groups in total. The molecule has 0 radical (unpaired) electrons. The molecular weight excluding hydrogens is 288 g/mol. The lowest BCUT2D eigenvalue weighted by molar-refractivity contribution is 0.0901. The molecule has 0 heterocycles. The molecule has 0 nitrogen and oxygen atoms in total. The lowest BCUT2D eigenvalue weighted by Crippen LogP contribution is -2.56. The van der Waals surface area contributed by atoms with Crippen molar-refractivity contribution in [3.05, 3.63) is 81.9 Å². The molecule has 0 spiro atoms. The van der Waals surface area contributed by atoms with Gasteiger partial charge in [-0.25, -0.2) is 0 Å². The van der Waals surface area contributed by atoms with E-state index < -0.39 is 0 Å². The van der Waals surface area contributed by atoms with Gasteiger partial charge >= 0.3 is 0 Å². The van der Waals surface area contributed by atoms with Gasteiger partial charge in [-0.2, -0.15) is 0 Å². The Labute approximate surface area is 143 Å². The van der Waals surface area contributed by atoms with Gasteiger partial charge in [-0.1, -0.05) is 59.7 Å². The minimum absolute atomic E-state index is 0.804. The summed E-state index contributed by atoms with van der Waals surface area (Å²) >= 11 is 0. The van der Waals surface area contributed by atoms with Gasteiger partial charge in [0.15, 0.2) is 0 Å².